The van der Waals surface area contributed by atoms with Gasteiger partial charge in [0, 0.05) is 35.7 Å². The molecule has 1 heterocycles. The molecule has 8 aromatic rings. The van der Waals surface area contributed by atoms with Crippen LogP contribution in [0.15, 0.2) is 126 Å². The highest BCUT2D eigenvalue weighted by Crippen LogP contribution is 2.48. The van der Waals surface area contributed by atoms with Crippen LogP contribution in [-0.4, -0.2) is 0 Å². The Bertz CT molecular complexity index is 2110. The molecule has 0 radical (unpaired) electrons. The number of benzene rings is 7. The fraction of sp³-hybridized carbons (Fsp3) is 0. The summed E-state index contributed by atoms with van der Waals surface area (Å²) < 4.78 is 3.76. The van der Waals surface area contributed by atoms with Crippen molar-refractivity contribution in [3.8, 4) is 0 Å². The zero-order valence-electron chi connectivity index (χ0n) is 19.8. The summed E-state index contributed by atoms with van der Waals surface area (Å²) in [6.07, 6.45) is 0. The topological polar surface area (TPSA) is 3.24 Å². The molecule has 0 amide bonds. The Morgan fingerprint density at radius 2 is 1.14 bits per heavy atom. The van der Waals surface area contributed by atoms with E-state index in [2.05, 4.69) is 142 Å². The van der Waals surface area contributed by atoms with Gasteiger partial charge >= 0.3 is 0 Å². The third-order valence-corrected chi connectivity index (χ3v) is 9.29. The van der Waals surface area contributed by atoms with E-state index in [1.165, 1.54) is 63.9 Å². The summed E-state index contributed by atoms with van der Waals surface area (Å²) in [5.41, 5.74) is 3.55. The van der Waals surface area contributed by atoms with Crippen molar-refractivity contribution in [1.29, 1.82) is 0 Å². The molecule has 3 heteroatoms. The summed E-state index contributed by atoms with van der Waals surface area (Å²) in [6, 6.07) is 44.2. The predicted molar refractivity (Wildman–Crippen MR) is 165 cm³/mol. The Labute approximate surface area is 226 Å². The van der Waals surface area contributed by atoms with Crippen LogP contribution < -0.4 is 4.90 Å². The quantitative estimate of drug-likeness (QED) is 0.196. The van der Waals surface area contributed by atoms with Gasteiger partial charge in [-0.25, -0.2) is 0 Å². The molecule has 0 unspecified atom stereocenters. The van der Waals surface area contributed by atoms with Gasteiger partial charge in [-0.2, -0.15) is 0 Å². The smallest absolute Gasteiger partial charge is 0.0555 e. The molecule has 0 fully saturated rings. The number of thiophene rings is 1. The van der Waals surface area contributed by atoms with Crippen LogP contribution >= 0.6 is 27.3 Å². The number of hydrogen-bond donors (Lipinski definition) is 0. The van der Waals surface area contributed by atoms with Crippen molar-refractivity contribution in [2.75, 3.05) is 4.90 Å². The van der Waals surface area contributed by atoms with E-state index in [9.17, 15) is 0 Å². The Hall–Kier alpha value is -3.92. The van der Waals surface area contributed by atoms with Crippen molar-refractivity contribution >= 4 is 96.8 Å². The lowest BCUT2D eigenvalue weighted by Gasteiger charge is -2.28. The first-order valence-corrected chi connectivity index (χ1v) is 14.0. The first kappa shape index (κ1) is 21.2. The van der Waals surface area contributed by atoms with Crippen LogP contribution in [0.2, 0.25) is 0 Å². The number of rotatable bonds is 3. The summed E-state index contributed by atoms with van der Waals surface area (Å²) in [5, 5.41) is 10.3. The number of nitrogens with zero attached hydrogens (tertiary/aromatic N) is 1. The van der Waals surface area contributed by atoms with Gasteiger partial charge in [-0.3, -0.25) is 0 Å². The molecule has 37 heavy (non-hydrogen) atoms. The third-order valence-electron chi connectivity index (χ3n) is 7.47. The molecule has 0 bridgehead atoms. The molecule has 7 aromatic carbocycles. The minimum absolute atomic E-state index is 1.13. The molecule has 0 N–H and O–H groups in total. The first-order valence-electron chi connectivity index (χ1n) is 12.4. The largest absolute Gasteiger partial charge is 0.309 e. The van der Waals surface area contributed by atoms with Crippen molar-refractivity contribution in [2.45, 2.75) is 0 Å². The monoisotopic (exact) mass is 553 g/mol. The van der Waals surface area contributed by atoms with Gasteiger partial charge in [-0.15, -0.1) is 11.3 Å². The maximum atomic E-state index is 3.80. The normalized spacial score (nSPS) is 11.9. The van der Waals surface area contributed by atoms with Gasteiger partial charge in [-0.05, 0) is 69.4 Å². The maximum absolute atomic E-state index is 3.80. The maximum Gasteiger partial charge on any atom is 0.0555 e. The van der Waals surface area contributed by atoms with Crippen LogP contribution in [0.5, 0.6) is 0 Å². The molecule has 1 aromatic heterocycles. The van der Waals surface area contributed by atoms with E-state index in [1.54, 1.807) is 0 Å². The van der Waals surface area contributed by atoms with Crippen LogP contribution in [0, 0.1) is 0 Å². The van der Waals surface area contributed by atoms with Gasteiger partial charge in [0.2, 0.25) is 0 Å². The van der Waals surface area contributed by atoms with Gasteiger partial charge in [0.1, 0.15) is 0 Å². The van der Waals surface area contributed by atoms with Crippen molar-refractivity contribution in [1.82, 2.24) is 0 Å². The van der Waals surface area contributed by atoms with E-state index >= 15 is 0 Å². The fourth-order valence-electron chi connectivity index (χ4n) is 5.87. The standard InChI is InChI=1S/C34H20BrNS/c35-27-19-15-21-14-18-25-28(20-16-22-13-17-24(27)32(21)33(22)25)36(23-7-2-1-3-8-23)29-10-6-12-31-34(29)26-9-4-5-11-30(26)37-31/h1-20H. The van der Waals surface area contributed by atoms with E-state index in [1.807, 2.05) is 11.3 Å². The fourth-order valence-corrected chi connectivity index (χ4v) is 7.46. The summed E-state index contributed by atoms with van der Waals surface area (Å²) in [4.78, 5) is 2.45. The number of para-hydroxylation sites is 1. The summed E-state index contributed by atoms with van der Waals surface area (Å²) in [6.45, 7) is 0. The van der Waals surface area contributed by atoms with Crippen LogP contribution in [0.3, 0.4) is 0 Å². The minimum Gasteiger partial charge on any atom is -0.309 e. The molecular formula is C34H20BrNS. The van der Waals surface area contributed by atoms with Crippen molar-refractivity contribution in [3.63, 3.8) is 0 Å². The number of anilines is 3. The highest BCUT2D eigenvalue weighted by atomic mass is 79.9. The summed E-state index contributed by atoms with van der Waals surface area (Å²) in [7, 11) is 0. The Kier molecular flexibility index (Phi) is 4.61. The van der Waals surface area contributed by atoms with Crippen LogP contribution in [0.4, 0.5) is 17.1 Å². The molecule has 0 saturated carbocycles. The van der Waals surface area contributed by atoms with Gasteiger partial charge < -0.3 is 4.90 Å². The predicted octanol–water partition coefficient (Wildman–Crippen LogP) is 11.2. The van der Waals surface area contributed by atoms with Crippen molar-refractivity contribution < 1.29 is 0 Å². The average Bonchev–Trinajstić information content (AvgIpc) is 3.33. The van der Waals surface area contributed by atoms with Crippen LogP contribution in [0.1, 0.15) is 0 Å². The van der Waals surface area contributed by atoms with Gasteiger partial charge in [0.05, 0.1) is 11.4 Å². The molecule has 1 nitrogen and oxygen atoms in total. The molecule has 8 rings (SSSR count). The lowest BCUT2D eigenvalue weighted by Crippen LogP contribution is -2.11. The third kappa shape index (κ3) is 3.08. The van der Waals surface area contributed by atoms with E-state index in [0.29, 0.717) is 0 Å². The Morgan fingerprint density at radius 3 is 2.00 bits per heavy atom. The Balaban J connectivity index is 1.52. The van der Waals surface area contributed by atoms with E-state index in [4.69, 9.17) is 0 Å². The zero-order valence-corrected chi connectivity index (χ0v) is 22.2. The van der Waals surface area contributed by atoms with Crippen molar-refractivity contribution in [2.24, 2.45) is 0 Å². The highest BCUT2D eigenvalue weighted by Gasteiger charge is 2.21. The lowest BCUT2D eigenvalue weighted by molar-refractivity contribution is 1.32. The number of fused-ring (bicyclic) bond motifs is 3. The van der Waals surface area contributed by atoms with Gasteiger partial charge in [0.25, 0.3) is 0 Å². The number of halogens is 1. The van der Waals surface area contributed by atoms with Crippen LogP contribution in [0.25, 0.3) is 52.5 Å². The molecule has 0 aliphatic heterocycles. The van der Waals surface area contributed by atoms with E-state index in [-0.39, 0.29) is 0 Å². The minimum atomic E-state index is 1.13. The average molecular weight is 555 g/mol. The molecule has 0 aliphatic carbocycles. The molecule has 174 valence electrons. The zero-order chi connectivity index (χ0) is 24.5. The van der Waals surface area contributed by atoms with Gasteiger partial charge in [-0.1, -0.05) is 94.8 Å². The molecule has 0 atom stereocenters. The summed E-state index contributed by atoms with van der Waals surface area (Å²) >= 11 is 5.66. The van der Waals surface area contributed by atoms with E-state index in [0.717, 1.165) is 10.2 Å². The highest BCUT2D eigenvalue weighted by molar-refractivity contribution is 9.10. The molecule has 0 aliphatic rings. The van der Waals surface area contributed by atoms with Gasteiger partial charge in [0.15, 0.2) is 0 Å². The first-order chi connectivity index (χ1) is 18.3. The summed E-state index contributed by atoms with van der Waals surface area (Å²) in [5.74, 6) is 0. The molecule has 0 saturated heterocycles. The van der Waals surface area contributed by atoms with E-state index < -0.39 is 0 Å². The van der Waals surface area contributed by atoms with Crippen LogP contribution in [-0.2, 0) is 0 Å². The van der Waals surface area contributed by atoms with Crippen molar-refractivity contribution in [3.05, 3.63) is 126 Å². The lowest BCUT2D eigenvalue weighted by atomic mass is 9.93. The number of hydrogen-bond acceptors (Lipinski definition) is 2. The second-order valence-electron chi connectivity index (χ2n) is 9.47. The molecule has 0 spiro atoms. The second-order valence-corrected chi connectivity index (χ2v) is 11.4. The second kappa shape index (κ2) is 8.04. The Morgan fingerprint density at radius 1 is 0.459 bits per heavy atom. The SMILES string of the molecule is Brc1ccc2ccc3c(N(c4ccccc4)c4cccc5sc6ccccc6c45)ccc4ccc1c2c43. The molecular weight excluding hydrogens is 534 g/mol.